The topological polar surface area (TPSA) is 62.2 Å². The summed E-state index contributed by atoms with van der Waals surface area (Å²) in [6, 6.07) is 6.95. The van der Waals surface area contributed by atoms with Crippen molar-refractivity contribution in [2.24, 2.45) is 0 Å². The van der Waals surface area contributed by atoms with Crippen LogP contribution in [-0.2, 0) is 9.68 Å². The minimum Gasteiger partial charge on any atom is -0.394 e. The number of para-hydroxylation sites is 1. The van der Waals surface area contributed by atoms with Crippen molar-refractivity contribution in [3.05, 3.63) is 29.3 Å². The highest BCUT2D eigenvalue weighted by molar-refractivity contribution is 6.33. The molecule has 2 N–H and O–H groups in total. The molecule has 0 fully saturated rings. The maximum absolute atomic E-state index is 8.67. The van der Waals surface area contributed by atoms with Gasteiger partial charge < -0.3 is 10.2 Å². The molecule has 0 amide bonds. The van der Waals surface area contributed by atoms with Gasteiger partial charge in [-0.15, -0.1) is 5.23 Å². The van der Waals surface area contributed by atoms with Crippen LogP contribution >= 0.6 is 11.6 Å². The zero-order chi connectivity index (χ0) is 11.8. The molecule has 0 aromatic heterocycles. The van der Waals surface area contributed by atoms with Gasteiger partial charge in [0.1, 0.15) is 18.9 Å². The minimum atomic E-state index is -0.135. The van der Waals surface area contributed by atoms with Crippen LogP contribution in [0.2, 0.25) is 5.02 Å². The third-order valence-electron chi connectivity index (χ3n) is 1.65. The van der Waals surface area contributed by atoms with Gasteiger partial charge in [-0.25, -0.2) is 9.68 Å². The summed E-state index contributed by atoms with van der Waals surface area (Å²) >= 11 is 5.95. The van der Waals surface area contributed by atoms with E-state index >= 15 is 0 Å². The molecule has 0 unspecified atom stereocenters. The van der Waals surface area contributed by atoms with Crippen LogP contribution in [0.25, 0.3) is 0 Å². The number of nitrogens with zero attached hydrogens (tertiary/aromatic N) is 1. The number of anilines is 1. The van der Waals surface area contributed by atoms with Crippen molar-refractivity contribution in [1.82, 2.24) is 0 Å². The molecule has 0 atom stereocenters. The summed E-state index contributed by atoms with van der Waals surface area (Å²) in [4.78, 5) is 10.3. The van der Waals surface area contributed by atoms with Crippen molar-refractivity contribution in [2.75, 3.05) is 31.7 Å². The minimum absolute atomic E-state index is 0.0800. The van der Waals surface area contributed by atoms with Crippen LogP contribution < -0.4 is 5.23 Å². The van der Waals surface area contributed by atoms with E-state index in [0.717, 1.165) is 5.23 Å². The lowest BCUT2D eigenvalue weighted by Crippen LogP contribution is -2.27. The number of benzene rings is 1. The molecule has 0 aliphatic heterocycles. The molecule has 0 aliphatic carbocycles. The Balaban J connectivity index is 2.70. The zero-order valence-corrected chi connectivity index (χ0v) is 9.43. The van der Waals surface area contributed by atoms with Crippen molar-refractivity contribution in [2.45, 2.75) is 0 Å². The van der Waals surface area contributed by atoms with Gasteiger partial charge >= 0.3 is 0 Å². The molecule has 5 nitrogen and oxygen atoms in total. The molecular weight excluding hydrogens is 234 g/mol. The van der Waals surface area contributed by atoms with Crippen LogP contribution in [0.1, 0.15) is 0 Å². The van der Waals surface area contributed by atoms with Crippen LogP contribution in [0, 0.1) is 0 Å². The van der Waals surface area contributed by atoms with Crippen LogP contribution in [0.4, 0.5) is 5.69 Å². The SMILES string of the molecule is OCCON(OCCO)c1ccccc1Cl. The Kier molecular flexibility index (Phi) is 6.14. The Hall–Kier alpha value is -0.850. The Labute approximate surface area is 98.7 Å². The van der Waals surface area contributed by atoms with E-state index in [1.54, 1.807) is 24.3 Å². The lowest BCUT2D eigenvalue weighted by Gasteiger charge is -2.22. The van der Waals surface area contributed by atoms with Gasteiger partial charge in [-0.1, -0.05) is 23.7 Å². The van der Waals surface area contributed by atoms with Gasteiger partial charge in [-0.3, -0.25) is 0 Å². The van der Waals surface area contributed by atoms with E-state index in [2.05, 4.69) is 0 Å². The quantitative estimate of drug-likeness (QED) is 0.704. The van der Waals surface area contributed by atoms with E-state index in [9.17, 15) is 0 Å². The Morgan fingerprint density at radius 2 is 1.62 bits per heavy atom. The summed E-state index contributed by atoms with van der Waals surface area (Å²) in [7, 11) is 0. The van der Waals surface area contributed by atoms with Gasteiger partial charge in [0.15, 0.2) is 0 Å². The van der Waals surface area contributed by atoms with Crippen LogP contribution in [0.15, 0.2) is 24.3 Å². The van der Waals surface area contributed by atoms with Crippen molar-refractivity contribution in [3.8, 4) is 0 Å². The highest BCUT2D eigenvalue weighted by Crippen LogP contribution is 2.25. The summed E-state index contributed by atoms with van der Waals surface area (Å²) in [6.07, 6.45) is 0. The lowest BCUT2D eigenvalue weighted by molar-refractivity contribution is -0.103. The molecular formula is C10H14ClNO4. The molecule has 1 aromatic rings. The van der Waals surface area contributed by atoms with Crippen LogP contribution in [-0.4, -0.2) is 36.6 Å². The average Bonchev–Trinajstić information content (AvgIpc) is 2.31. The van der Waals surface area contributed by atoms with Gasteiger partial charge in [-0.05, 0) is 12.1 Å². The molecule has 0 heterocycles. The monoisotopic (exact) mass is 247 g/mol. The number of aliphatic hydroxyl groups is 2. The third kappa shape index (κ3) is 3.96. The second-order valence-electron chi connectivity index (χ2n) is 2.82. The fourth-order valence-electron chi connectivity index (χ4n) is 1.02. The highest BCUT2D eigenvalue weighted by Gasteiger charge is 2.11. The molecule has 0 bridgehead atoms. The average molecular weight is 248 g/mol. The molecule has 0 saturated carbocycles. The van der Waals surface area contributed by atoms with E-state index in [-0.39, 0.29) is 26.4 Å². The maximum Gasteiger partial charge on any atom is 0.113 e. The predicted molar refractivity (Wildman–Crippen MR) is 60.0 cm³/mol. The lowest BCUT2D eigenvalue weighted by atomic mass is 10.3. The van der Waals surface area contributed by atoms with Gasteiger partial charge in [0.25, 0.3) is 0 Å². The highest BCUT2D eigenvalue weighted by atomic mass is 35.5. The van der Waals surface area contributed by atoms with E-state index in [1.165, 1.54) is 0 Å². The molecule has 1 aromatic carbocycles. The molecule has 0 saturated heterocycles. The van der Waals surface area contributed by atoms with Crippen LogP contribution in [0.5, 0.6) is 0 Å². The number of hydrogen-bond acceptors (Lipinski definition) is 5. The summed E-state index contributed by atoms with van der Waals surface area (Å²) in [5.74, 6) is 0. The summed E-state index contributed by atoms with van der Waals surface area (Å²) in [6.45, 7) is -0.111. The first-order valence-electron chi connectivity index (χ1n) is 4.81. The van der Waals surface area contributed by atoms with Crippen molar-refractivity contribution < 1.29 is 19.9 Å². The molecule has 1 rings (SSSR count). The molecule has 90 valence electrons. The fraction of sp³-hybridized carbons (Fsp3) is 0.400. The first-order chi connectivity index (χ1) is 7.79. The van der Waals surface area contributed by atoms with E-state index in [1.807, 2.05) is 0 Å². The van der Waals surface area contributed by atoms with E-state index in [0.29, 0.717) is 10.7 Å². The molecule has 16 heavy (non-hydrogen) atoms. The second kappa shape index (κ2) is 7.43. The summed E-state index contributed by atoms with van der Waals surface area (Å²) in [5.41, 5.74) is 0.520. The zero-order valence-electron chi connectivity index (χ0n) is 8.67. The van der Waals surface area contributed by atoms with Crippen molar-refractivity contribution >= 4 is 17.3 Å². The predicted octanol–water partition coefficient (Wildman–Crippen LogP) is 0.994. The van der Waals surface area contributed by atoms with Gasteiger partial charge in [0, 0.05) is 0 Å². The van der Waals surface area contributed by atoms with Gasteiger partial charge in [0.05, 0.1) is 18.2 Å². The number of hydrogen-bond donors (Lipinski definition) is 2. The van der Waals surface area contributed by atoms with Crippen molar-refractivity contribution in [3.63, 3.8) is 0 Å². The maximum atomic E-state index is 8.67. The van der Waals surface area contributed by atoms with Gasteiger partial charge in [0.2, 0.25) is 0 Å². The van der Waals surface area contributed by atoms with E-state index in [4.69, 9.17) is 31.5 Å². The number of halogens is 1. The fourth-order valence-corrected chi connectivity index (χ4v) is 1.23. The Morgan fingerprint density at radius 1 is 1.06 bits per heavy atom. The Bertz CT molecular complexity index is 303. The first kappa shape index (κ1) is 13.2. The number of aliphatic hydroxyl groups excluding tert-OH is 2. The molecule has 0 spiro atoms. The van der Waals surface area contributed by atoms with Crippen molar-refractivity contribution in [1.29, 1.82) is 0 Å². The summed E-state index contributed by atoms with van der Waals surface area (Å²) < 4.78 is 0. The third-order valence-corrected chi connectivity index (χ3v) is 1.97. The molecule has 0 aliphatic rings. The molecule has 0 radical (unpaired) electrons. The van der Waals surface area contributed by atoms with Gasteiger partial charge in [-0.2, -0.15) is 0 Å². The normalized spacial score (nSPS) is 10.4. The van der Waals surface area contributed by atoms with Crippen LogP contribution in [0.3, 0.4) is 0 Å². The smallest absolute Gasteiger partial charge is 0.113 e. The Morgan fingerprint density at radius 3 is 2.12 bits per heavy atom. The first-order valence-corrected chi connectivity index (χ1v) is 5.19. The van der Waals surface area contributed by atoms with E-state index < -0.39 is 0 Å². The standard InChI is InChI=1S/C10H14ClNO4/c11-9-3-1-2-4-10(9)12(15-7-5-13)16-8-6-14/h1-4,13-14H,5-8H2. The largest absolute Gasteiger partial charge is 0.394 e. The summed E-state index contributed by atoms with van der Waals surface area (Å²) in [5, 5.41) is 18.9. The molecule has 6 heteroatoms. The number of rotatable bonds is 7. The second-order valence-corrected chi connectivity index (χ2v) is 3.23.